The predicted molar refractivity (Wildman–Crippen MR) is 114 cm³/mol. The molecule has 0 unspecified atom stereocenters. The molecule has 0 bridgehead atoms. The number of nitrogens with one attached hydrogen (secondary N) is 6. The molecular formula is C6H36Cr3N18O12. The van der Waals surface area contributed by atoms with Gasteiger partial charge in [-0.3, -0.25) is 32.5 Å². The van der Waals surface area contributed by atoms with Gasteiger partial charge in [0, 0.05) is 0 Å². The first-order valence-corrected chi connectivity index (χ1v) is 13.6. The van der Waals surface area contributed by atoms with Crippen molar-refractivity contribution < 1.29 is 88.6 Å². The maximum absolute atomic E-state index is 8.82. The van der Waals surface area contributed by atoms with E-state index in [1.165, 1.54) is 0 Å². The SMILES string of the molecule is N=C(N)N.N=C(N)N.N=C(N)N.N=C(N)N.N=C(N)N.N=C(N)N.[O]=[Cr](=[O])([OH])[OH].[O]=[Cr](=[O])([OH])[OH].[O]=[Cr](=[O])([OH])[OH]. The van der Waals surface area contributed by atoms with Crippen LogP contribution in [0.4, 0.5) is 0 Å². The summed E-state index contributed by atoms with van der Waals surface area (Å²) in [4.78, 5) is 0. The Hall–Kier alpha value is -4.22. The van der Waals surface area contributed by atoms with E-state index in [0.29, 0.717) is 0 Å². The van der Waals surface area contributed by atoms with Crippen LogP contribution in [-0.4, -0.2) is 60.7 Å². The van der Waals surface area contributed by atoms with E-state index in [0.717, 1.165) is 0 Å². The van der Waals surface area contributed by atoms with Gasteiger partial charge in [-0.2, -0.15) is 0 Å². The van der Waals surface area contributed by atoms with E-state index in [-0.39, 0.29) is 35.8 Å². The molecule has 0 aromatic carbocycles. The zero-order valence-electron chi connectivity index (χ0n) is 19.3. The van der Waals surface area contributed by atoms with Crippen LogP contribution < -0.4 is 68.8 Å². The molecule has 0 aliphatic rings. The van der Waals surface area contributed by atoms with Gasteiger partial charge in [0.15, 0.2) is 35.8 Å². The van der Waals surface area contributed by atoms with Gasteiger partial charge in [-0.15, -0.1) is 0 Å². The van der Waals surface area contributed by atoms with Crippen molar-refractivity contribution in [2.75, 3.05) is 0 Å². The zero-order valence-corrected chi connectivity index (χ0v) is 23.1. The van der Waals surface area contributed by atoms with Gasteiger partial charge in [-0.1, -0.05) is 0 Å². The van der Waals surface area contributed by atoms with Crippen LogP contribution in [0.2, 0.25) is 0 Å². The van der Waals surface area contributed by atoms with Gasteiger partial charge in [-0.25, -0.2) is 0 Å². The second-order valence-corrected chi connectivity index (χ2v) is 8.27. The summed E-state index contributed by atoms with van der Waals surface area (Å²) in [6.45, 7) is 0. The molecule has 0 aliphatic heterocycles. The van der Waals surface area contributed by atoms with Crippen LogP contribution in [0.1, 0.15) is 0 Å². The number of rotatable bonds is 0. The van der Waals surface area contributed by atoms with Crippen molar-refractivity contribution in [2.24, 2.45) is 68.8 Å². The first-order chi connectivity index (χ1) is 16.4. The van der Waals surface area contributed by atoms with Crippen LogP contribution in [0.25, 0.3) is 0 Å². The Labute approximate surface area is 225 Å². The number of hydrogen-bond donors (Lipinski definition) is 24. The molecule has 0 heterocycles. The van der Waals surface area contributed by atoms with Crippen LogP contribution in [0, 0.1) is 32.5 Å². The molecule has 33 heteroatoms. The van der Waals surface area contributed by atoms with Gasteiger partial charge in [0.05, 0.1) is 0 Å². The maximum atomic E-state index is 8.82. The second-order valence-electron chi connectivity index (χ2n) is 4.08. The molecule has 0 radical (unpaired) electrons. The summed E-state index contributed by atoms with van der Waals surface area (Å²) < 4.78 is 95.6. The van der Waals surface area contributed by atoms with Gasteiger partial charge < -0.3 is 68.8 Å². The molecule has 0 aromatic heterocycles. The van der Waals surface area contributed by atoms with Crippen molar-refractivity contribution in [1.82, 2.24) is 0 Å². The topological polar surface area (TPSA) is 679 Å². The summed E-state index contributed by atoms with van der Waals surface area (Å²) in [6, 6.07) is 0. The minimum atomic E-state index is -5.25. The molecule has 0 amide bonds. The Kier molecular flexibility index (Phi) is 55.0. The molecule has 0 fully saturated rings. The summed E-state index contributed by atoms with van der Waals surface area (Å²) >= 11 is -15.8. The minimum absolute atomic E-state index is 0.333. The molecule has 0 aromatic rings. The Morgan fingerprint density at radius 2 is 0.308 bits per heavy atom. The van der Waals surface area contributed by atoms with Crippen molar-refractivity contribution in [3.8, 4) is 0 Å². The van der Waals surface area contributed by atoms with Crippen molar-refractivity contribution in [2.45, 2.75) is 0 Å². The van der Waals surface area contributed by atoms with Gasteiger partial charge in [0.2, 0.25) is 0 Å². The third-order valence-electron chi connectivity index (χ3n) is 0. The predicted octanol–water partition coefficient (Wildman–Crippen LogP) is -11.0. The first-order valence-electron chi connectivity index (χ1n) is 7.06. The summed E-state index contributed by atoms with van der Waals surface area (Å²) in [5.74, 6) is -2.00. The fourth-order valence-electron chi connectivity index (χ4n) is 0. The Morgan fingerprint density at radius 1 is 0.308 bits per heavy atom. The van der Waals surface area contributed by atoms with Gasteiger partial charge in [-0.05, 0) is 0 Å². The van der Waals surface area contributed by atoms with Crippen LogP contribution in [-0.2, 0) is 63.7 Å². The standard InChI is InChI=1S/6CH5N3.3Cr.6H2O.6O/c6*2-1(3)4;;;;;;;;;;;;;;;/h6*(H5,2,3,4);;;;6*1H2;;;;;;/q;;;;;;3*+2;;;;;;;;;;;;/p-6. The molecule has 0 saturated carbocycles. The quantitative estimate of drug-likeness (QED) is 0.0820. The van der Waals surface area contributed by atoms with Gasteiger partial charge in [0.1, 0.15) is 0 Å². The van der Waals surface area contributed by atoms with E-state index < -0.39 is 40.8 Å². The van der Waals surface area contributed by atoms with E-state index >= 15 is 0 Å². The number of guanidine groups is 6. The third kappa shape index (κ3) is 1910. The molecule has 0 atom stereocenters. The first kappa shape index (κ1) is 59.7. The zero-order chi connectivity index (χ0) is 35.0. The average molecular weight is 708 g/mol. The van der Waals surface area contributed by atoms with Crippen molar-refractivity contribution in [3.63, 3.8) is 0 Å². The second kappa shape index (κ2) is 35.9. The van der Waals surface area contributed by atoms with E-state index in [1.54, 1.807) is 0 Å². The molecule has 240 valence electrons. The fraction of sp³-hybridized carbons (Fsp3) is 0. The summed E-state index contributed by atoms with van der Waals surface area (Å²) in [5.41, 5.74) is 53.7. The third-order valence-corrected chi connectivity index (χ3v) is 0. The summed E-state index contributed by atoms with van der Waals surface area (Å²) in [5, 5.41) is 36.3. The molecule has 0 rings (SSSR count). The monoisotopic (exact) mass is 708 g/mol. The molecule has 36 N–H and O–H groups in total. The molecule has 0 spiro atoms. The van der Waals surface area contributed by atoms with Crippen molar-refractivity contribution in [1.29, 1.82) is 32.5 Å². The van der Waals surface area contributed by atoms with E-state index in [1.807, 2.05) is 0 Å². The Bertz CT molecular complexity index is 780. The summed E-state index contributed by atoms with van der Waals surface area (Å²) in [6.07, 6.45) is 0. The van der Waals surface area contributed by atoms with Crippen LogP contribution >= 0.6 is 0 Å². The normalized spacial score (nSPS) is 8.15. The van der Waals surface area contributed by atoms with Gasteiger partial charge in [0.25, 0.3) is 0 Å². The average Bonchev–Trinajstić information content (AvgIpc) is 2.35. The molecular weight excluding hydrogens is 672 g/mol. The molecule has 0 saturated heterocycles. The molecule has 39 heavy (non-hydrogen) atoms. The summed E-state index contributed by atoms with van der Waals surface area (Å²) in [7, 11) is 0. The molecule has 30 nitrogen and oxygen atoms in total. The van der Waals surface area contributed by atoms with Gasteiger partial charge >= 0.3 is 88.6 Å². The van der Waals surface area contributed by atoms with E-state index in [2.05, 4.69) is 68.8 Å². The Balaban J connectivity index is -0.0000000372. The number of nitrogens with two attached hydrogens (primary N) is 12. The number of hydrogen-bond acceptors (Lipinski definition) is 12. The van der Waals surface area contributed by atoms with Crippen molar-refractivity contribution >= 4 is 35.8 Å². The fourth-order valence-corrected chi connectivity index (χ4v) is 0. The van der Waals surface area contributed by atoms with E-state index in [4.69, 9.17) is 80.2 Å². The van der Waals surface area contributed by atoms with E-state index in [9.17, 15) is 0 Å². The molecule has 0 aliphatic carbocycles. The van der Waals surface area contributed by atoms with Crippen LogP contribution in [0.5, 0.6) is 0 Å². The van der Waals surface area contributed by atoms with Crippen LogP contribution in [0.3, 0.4) is 0 Å². The Morgan fingerprint density at radius 3 is 0.308 bits per heavy atom. The van der Waals surface area contributed by atoms with Crippen LogP contribution in [0.15, 0.2) is 0 Å². The van der Waals surface area contributed by atoms with Crippen molar-refractivity contribution in [3.05, 3.63) is 0 Å².